The van der Waals surface area contributed by atoms with Crippen molar-refractivity contribution >= 4 is 17.9 Å². The van der Waals surface area contributed by atoms with Crippen molar-refractivity contribution in [3.8, 4) is 17.2 Å². The molecule has 0 saturated heterocycles. The second-order valence-electron chi connectivity index (χ2n) is 8.18. The topological polar surface area (TPSA) is 44.8 Å². The maximum Gasteiger partial charge on any atom is 0.160 e. The molecule has 1 atom stereocenters. The van der Waals surface area contributed by atoms with Crippen LogP contribution in [0.4, 0.5) is 0 Å². The lowest BCUT2D eigenvalue weighted by atomic mass is 9.84. The molecule has 4 nitrogen and oxygen atoms in total. The predicted molar refractivity (Wildman–Crippen MR) is 129 cm³/mol. The van der Waals surface area contributed by atoms with Crippen LogP contribution in [0.2, 0.25) is 5.02 Å². The third-order valence-corrected chi connectivity index (χ3v) is 6.31. The highest BCUT2D eigenvalue weighted by Crippen LogP contribution is 2.36. The predicted octanol–water partition coefficient (Wildman–Crippen LogP) is 7.15. The summed E-state index contributed by atoms with van der Waals surface area (Å²) in [4.78, 5) is 11.0. The molecule has 5 heteroatoms. The minimum Gasteiger partial charge on any atom is -0.493 e. The number of fused-ring (bicyclic) bond motifs is 1. The number of halogens is 1. The van der Waals surface area contributed by atoms with Crippen LogP contribution in [0.3, 0.4) is 0 Å². The number of rotatable bonds is 8. The van der Waals surface area contributed by atoms with Crippen LogP contribution in [0.25, 0.3) is 0 Å². The molecule has 174 valence electrons. The molecule has 32 heavy (non-hydrogen) atoms. The van der Waals surface area contributed by atoms with Gasteiger partial charge in [0.1, 0.15) is 17.2 Å². The number of aryl methyl sites for hydroxylation is 1. The zero-order valence-electron chi connectivity index (χ0n) is 19.3. The first kappa shape index (κ1) is 24.4. The summed E-state index contributed by atoms with van der Waals surface area (Å²) in [6.45, 7) is 5.07. The average molecular weight is 459 g/mol. The molecule has 1 saturated carbocycles. The zero-order chi connectivity index (χ0) is 22.8. The monoisotopic (exact) mass is 458 g/mol. The number of hydrogen-bond donors (Lipinski definition) is 0. The van der Waals surface area contributed by atoms with Gasteiger partial charge in [0.05, 0.1) is 18.2 Å². The van der Waals surface area contributed by atoms with Crippen LogP contribution >= 0.6 is 11.6 Å². The van der Waals surface area contributed by atoms with Gasteiger partial charge in [-0.2, -0.15) is 0 Å². The molecule has 0 radical (unpaired) electrons. The summed E-state index contributed by atoms with van der Waals surface area (Å²) < 4.78 is 17.4. The summed E-state index contributed by atoms with van der Waals surface area (Å²) in [5.74, 6) is 2.87. The molecule has 1 aliphatic heterocycles. The smallest absolute Gasteiger partial charge is 0.160 e. The summed E-state index contributed by atoms with van der Waals surface area (Å²) in [5.41, 5.74) is 2.46. The van der Waals surface area contributed by atoms with Gasteiger partial charge in [-0.1, -0.05) is 56.8 Å². The minimum absolute atomic E-state index is 0.351. The maximum atomic E-state index is 11.0. The zero-order valence-corrected chi connectivity index (χ0v) is 20.0. The second kappa shape index (κ2) is 12.7. The molecule has 0 spiro atoms. The van der Waals surface area contributed by atoms with Gasteiger partial charge in [-0.05, 0) is 60.9 Å². The van der Waals surface area contributed by atoms with Crippen LogP contribution in [0.15, 0.2) is 36.4 Å². The molecule has 1 fully saturated rings. The fourth-order valence-corrected chi connectivity index (χ4v) is 4.56. The number of benzene rings is 2. The number of hydrogen-bond acceptors (Lipinski definition) is 4. The molecule has 2 aliphatic rings. The van der Waals surface area contributed by atoms with E-state index in [0.717, 1.165) is 48.4 Å². The van der Waals surface area contributed by atoms with Crippen LogP contribution in [0.5, 0.6) is 17.2 Å². The van der Waals surface area contributed by atoms with Gasteiger partial charge in [-0.25, -0.2) is 0 Å². The van der Waals surface area contributed by atoms with E-state index in [1.807, 2.05) is 38.1 Å². The lowest BCUT2D eigenvalue weighted by Crippen LogP contribution is -2.23. The molecular formula is C27H35ClO4. The number of aldehydes is 1. The van der Waals surface area contributed by atoms with E-state index >= 15 is 0 Å². The lowest BCUT2D eigenvalue weighted by Gasteiger charge is -2.23. The van der Waals surface area contributed by atoms with E-state index in [9.17, 15) is 4.79 Å². The Morgan fingerprint density at radius 2 is 1.78 bits per heavy atom. The Kier molecular flexibility index (Phi) is 9.73. The fraction of sp³-hybridized carbons (Fsp3) is 0.519. The molecule has 1 unspecified atom stereocenters. The Hall–Kier alpha value is -2.20. The highest BCUT2D eigenvalue weighted by atomic mass is 35.5. The maximum absolute atomic E-state index is 11.0. The van der Waals surface area contributed by atoms with Gasteiger partial charge >= 0.3 is 0 Å². The van der Waals surface area contributed by atoms with Crippen LogP contribution in [-0.4, -0.2) is 25.6 Å². The second-order valence-corrected chi connectivity index (χ2v) is 8.58. The van der Waals surface area contributed by atoms with Crippen molar-refractivity contribution in [2.24, 2.45) is 0 Å². The Labute approximate surface area is 197 Å². The summed E-state index contributed by atoms with van der Waals surface area (Å²) in [7, 11) is 0. The third-order valence-electron chi connectivity index (χ3n) is 6.01. The lowest BCUT2D eigenvalue weighted by molar-refractivity contribution is -0.114. The quantitative estimate of drug-likeness (QED) is 0.311. The SMILES string of the molecule is CC.O=CC1CCc2ccc(OCCCOc3ccc(C4CCCCC4)cc3Cl)cc2O1. The van der Waals surface area contributed by atoms with Crippen molar-refractivity contribution in [2.45, 2.75) is 77.2 Å². The van der Waals surface area contributed by atoms with Crippen molar-refractivity contribution in [2.75, 3.05) is 13.2 Å². The Morgan fingerprint density at radius 1 is 1.00 bits per heavy atom. The first-order valence-electron chi connectivity index (χ1n) is 12.0. The number of ether oxygens (including phenoxy) is 3. The normalized spacial score (nSPS) is 17.9. The Bertz CT molecular complexity index is 861. The van der Waals surface area contributed by atoms with Gasteiger partial charge < -0.3 is 14.2 Å². The van der Waals surface area contributed by atoms with Crippen molar-refractivity contribution < 1.29 is 19.0 Å². The molecule has 1 heterocycles. The minimum atomic E-state index is -0.351. The van der Waals surface area contributed by atoms with E-state index in [1.165, 1.54) is 37.7 Å². The molecule has 2 aromatic rings. The number of carbonyl (C=O) groups excluding carboxylic acids is 1. The van der Waals surface area contributed by atoms with Gasteiger partial charge in [-0.3, -0.25) is 4.79 Å². The van der Waals surface area contributed by atoms with E-state index in [4.69, 9.17) is 25.8 Å². The van der Waals surface area contributed by atoms with Crippen LogP contribution < -0.4 is 14.2 Å². The van der Waals surface area contributed by atoms with Gasteiger partial charge in [0.15, 0.2) is 12.4 Å². The molecule has 0 aromatic heterocycles. The Balaban J connectivity index is 0.00000141. The molecular weight excluding hydrogens is 424 g/mol. The van der Waals surface area contributed by atoms with Crippen LogP contribution in [0.1, 0.15) is 75.8 Å². The first-order valence-corrected chi connectivity index (χ1v) is 12.4. The average Bonchev–Trinajstić information content (AvgIpc) is 2.86. The van der Waals surface area contributed by atoms with E-state index in [2.05, 4.69) is 12.1 Å². The summed E-state index contributed by atoms with van der Waals surface area (Å²) in [6.07, 6.45) is 9.35. The van der Waals surface area contributed by atoms with Crippen molar-refractivity contribution in [1.29, 1.82) is 0 Å². The van der Waals surface area contributed by atoms with Gasteiger partial charge in [0.2, 0.25) is 0 Å². The highest BCUT2D eigenvalue weighted by molar-refractivity contribution is 6.32. The molecule has 2 aromatic carbocycles. The van der Waals surface area contributed by atoms with Crippen LogP contribution in [0, 0.1) is 0 Å². The standard InChI is InChI=1S/C25H29ClO4.C2H6/c26-23-15-20(18-5-2-1-3-6-18)9-12-24(23)29-14-4-13-28-21-10-7-19-8-11-22(17-27)30-25(19)16-21;1-2/h7,9-10,12,15-18,22H,1-6,8,11,13-14H2;1-2H3. The van der Waals surface area contributed by atoms with Gasteiger partial charge in [0, 0.05) is 12.5 Å². The fourth-order valence-electron chi connectivity index (χ4n) is 4.31. The van der Waals surface area contributed by atoms with Crippen molar-refractivity contribution in [1.82, 2.24) is 0 Å². The van der Waals surface area contributed by atoms with E-state index in [1.54, 1.807) is 0 Å². The molecule has 0 bridgehead atoms. The summed E-state index contributed by atoms with van der Waals surface area (Å²) >= 11 is 6.45. The van der Waals surface area contributed by atoms with Crippen LogP contribution in [-0.2, 0) is 11.2 Å². The number of carbonyl (C=O) groups is 1. The van der Waals surface area contributed by atoms with E-state index < -0.39 is 0 Å². The van der Waals surface area contributed by atoms with Crippen molar-refractivity contribution in [3.05, 3.63) is 52.5 Å². The highest BCUT2D eigenvalue weighted by Gasteiger charge is 2.19. The largest absolute Gasteiger partial charge is 0.493 e. The van der Waals surface area contributed by atoms with Crippen molar-refractivity contribution in [3.63, 3.8) is 0 Å². The molecule has 4 rings (SSSR count). The molecule has 1 aliphatic carbocycles. The third kappa shape index (κ3) is 6.65. The van der Waals surface area contributed by atoms with Gasteiger partial charge in [-0.15, -0.1) is 0 Å². The summed E-state index contributed by atoms with van der Waals surface area (Å²) in [6, 6.07) is 12.1. The van der Waals surface area contributed by atoms with E-state index in [-0.39, 0.29) is 6.10 Å². The summed E-state index contributed by atoms with van der Waals surface area (Å²) in [5, 5.41) is 0.690. The molecule has 0 N–H and O–H groups in total. The van der Waals surface area contributed by atoms with E-state index in [0.29, 0.717) is 24.2 Å². The Morgan fingerprint density at radius 3 is 2.53 bits per heavy atom. The molecule has 0 amide bonds. The van der Waals surface area contributed by atoms with Gasteiger partial charge in [0.25, 0.3) is 0 Å². The first-order chi connectivity index (χ1) is 15.7.